The number of pyridine rings is 1. The van der Waals surface area contributed by atoms with Gasteiger partial charge in [-0.25, -0.2) is 13.4 Å². The molecule has 0 unspecified atom stereocenters. The van der Waals surface area contributed by atoms with Crippen LogP contribution in [0.1, 0.15) is 42.7 Å². The van der Waals surface area contributed by atoms with Crippen LogP contribution >= 0.6 is 0 Å². The molecule has 0 atom stereocenters. The summed E-state index contributed by atoms with van der Waals surface area (Å²) in [4.78, 5) is 10.4. The molecule has 2 N–H and O–H groups in total. The summed E-state index contributed by atoms with van der Waals surface area (Å²) in [5.74, 6) is 1.46. The van der Waals surface area contributed by atoms with Gasteiger partial charge in [0, 0.05) is 49.9 Å². The fourth-order valence-electron chi connectivity index (χ4n) is 5.65. The molecule has 3 fully saturated rings. The first-order chi connectivity index (χ1) is 18.5. The maximum Gasteiger partial charge on any atom is 0.243 e. The first kappa shape index (κ1) is 25.1. The van der Waals surface area contributed by atoms with Crippen molar-refractivity contribution in [3.8, 4) is 11.8 Å². The minimum Gasteiger partial charge on any atom is -0.495 e. The molecule has 0 radical (unpaired) electrons. The van der Waals surface area contributed by atoms with Crippen LogP contribution in [0.25, 0.3) is 11.0 Å². The molecule has 1 saturated carbocycles. The normalized spacial score (nSPS) is 19.9. The lowest BCUT2D eigenvalue weighted by Crippen LogP contribution is -2.50. The second-order valence-corrected chi connectivity index (χ2v) is 12.1. The van der Waals surface area contributed by atoms with Gasteiger partial charge in [-0.05, 0) is 55.4 Å². The molecule has 6 rings (SSSR count). The molecule has 0 bridgehead atoms. The fourth-order valence-corrected chi connectivity index (χ4v) is 7.13. The molecule has 0 amide bonds. The Hall–Kier alpha value is -3.17. The number of nitrogens with zero attached hydrogens (tertiary/aromatic N) is 4. The van der Waals surface area contributed by atoms with Crippen molar-refractivity contribution in [1.82, 2.24) is 19.2 Å². The lowest BCUT2D eigenvalue weighted by molar-refractivity contribution is 0.00610. The molecule has 1 aliphatic carbocycles. The molecular formula is C27H32N6O4S. The van der Waals surface area contributed by atoms with Gasteiger partial charge in [-0.15, -0.1) is 0 Å². The second-order valence-electron chi connectivity index (χ2n) is 10.2. The number of aromatic amines is 1. The predicted molar refractivity (Wildman–Crippen MR) is 143 cm³/mol. The number of fused-ring (bicyclic) bond motifs is 1. The zero-order valence-electron chi connectivity index (χ0n) is 21.4. The smallest absolute Gasteiger partial charge is 0.243 e. The van der Waals surface area contributed by atoms with Crippen LogP contribution in [0.4, 0.5) is 11.5 Å². The molecule has 11 heteroatoms. The number of piperidine rings is 1. The van der Waals surface area contributed by atoms with E-state index in [0.29, 0.717) is 53.5 Å². The number of H-pyrrole nitrogens is 1. The van der Waals surface area contributed by atoms with Crippen LogP contribution in [0.2, 0.25) is 0 Å². The van der Waals surface area contributed by atoms with Crippen LogP contribution < -0.4 is 10.1 Å². The van der Waals surface area contributed by atoms with Crippen LogP contribution in [0.15, 0.2) is 35.4 Å². The number of anilines is 2. The Balaban J connectivity index is 1.21. The Bertz CT molecular complexity index is 1480. The van der Waals surface area contributed by atoms with Crippen molar-refractivity contribution < 1.29 is 17.9 Å². The number of morpholine rings is 1. The lowest BCUT2D eigenvalue weighted by Gasteiger charge is -2.39. The third kappa shape index (κ3) is 4.73. The van der Waals surface area contributed by atoms with Crippen molar-refractivity contribution in [3.63, 3.8) is 0 Å². The molecule has 0 spiro atoms. The minimum atomic E-state index is -3.65. The van der Waals surface area contributed by atoms with Crippen LogP contribution in [0.5, 0.6) is 5.75 Å². The lowest BCUT2D eigenvalue weighted by atomic mass is 10.0. The number of rotatable bonds is 7. The fraction of sp³-hybridized carbons (Fsp3) is 0.481. The highest BCUT2D eigenvalue weighted by Gasteiger charge is 2.33. The summed E-state index contributed by atoms with van der Waals surface area (Å²) in [5.41, 5.74) is 2.99. The Morgan fingerprint density at radius 3 is 2.58 bits per heavy atom. The summed E-state index contributed by atoms with van der Waals surface area (Å²) in [5, 5.41) is 13.7. The van der Waals surface area contributed by atoms with E-state index in [9.17, 15) is 13.7 Å². The van der Waals surface area contributed by atoms with Crippen LogP contribution in [0.3, 0.4) is 0 Å². The maximum absolute atomic E-state index is 13.5. The predicted octanol–water partition coefficient (Wildman–Crippen LogP) is 3.55. The van der Waals surface area contributed by atoms with Crippen molar-refractivity contribution in [3.05, 3.63) is 41.6 Å². The molecule has 3 aliphatic rings. The first-order valence-corrected chi connectivity index (χ1v) is 14.6. The monoisotopic (exact) mass is 536 g/mol. The summed E-state index contributed by atoms with van der Waals surface area (Å²) in [7, 11) is -2.12. The number of hydrogen-bond acceptors (Lipinski definition) is 8. The van der Waals surface area contributed by atoms with E-state index in [1.54, 1.807) is 28.7 Å². The van der Waals surface area contributed by atoms with E-state index in [2.05, 4.69) is 26.3 Å². The van der Waals surface area contributed by atoms with Crippen LogP contribution in [0, 0.1) is 11.3 Å². The molecular weight excluding hydrogens is 504 g/mol. The number of methoxy groups -OCH3 is 1. The summed E-state index contributed by atoms with van der Waals surface area (Å²) >= 11 is 0. The average molecular weight is 537 g/mol. The number of hydrogen-bond donors (Lipinski definition) is 2. The summed E-state index contributed by atoms with van der Waals surface area (Å²) in [6, 6.07) is 9.56. The summed E-state index contributed by atoms with van der Waals surface area (Å²) in [6.45, 7) is 4.32. The summed E-state index contributed by atoms with van der Waals surface area (Å²) in [6.07, 6.45) is 5.51. The van der Waals surface area contributed by atoms with Gasteiger partial charge >= 0.3 is 0 Å². The van der Waals surface area contributed by atoms with E-state index in [1.165, 1.54) is 7.11 Å². The van der Waals surface area contributed by atoms with E-state index < -0.39 is 10.0 Å². The molecule has 4 heterocycles. The third-order valence-electron chi connectivity index (χ3n) is 7.87. The molecule has 2 aliphatic heterocycles. The van der Waals surface area contributed by atoms with Crippen LogP contribution in [-0.4, -0.2) is 80.1 Å². The Morgan fingerprint density at radius 1 is 1.13 bits per heavy atom. The first-order valence-electron chi connectivity index (χ1n) is 13.2. The van der Waals surface area contributed by atoms with Gasteiger partial charge in [0.05, 0.1) is 36.5 Å². The zero-order valence-corrected chi connectivity index (χ0v) is 22.3. The van der Waals surface area contributed by atoms with Crippen molar-refractivity contribution in [2.75, 3.05) is 51.8 Å². The van der Waals surface area contributed by atoms with Crippen molar-refractivity contribution >= 4 is 32.6 Å². The molecule has 2 saturated heterocycles. The SMILES string of the molecule is COc1cc(S(=O)(=O)N2CCC(N3CCOCC3)CC2)ccc1Nc1cc(C2CC2)c2c(C#N)c[nH]c2n1. The van der Waals surface area contributed by atoms with Crippen LogP contribution in [-0.2, 0) is 14.8 Å². The number of benzene rings is 1. The van der Waals surface area contributed by atoms with E-state index >= 15 is 0 Å². The standard InChI is InChI=1S/C27H32N6O4S/c1-36-24-14-21(38(34,35)33-8-6-20(7-9-33)32-10-12-37-13-11-32)4-5-23(24)30-25-15-22(18-2-3-18)26-19(16-28)17-29-27(26)31-25/h4-5,14-15,17-18,20H,2-3,6-13H2,1H3,(H2,29,30,31). The zero-order chi connectivity index (χ0) is 26.3. The number of aromatic nitrogens is 2. The topological polar surface area (TPSA) is 124 Å². The number of ether oxygens (including phenoxy) is 2. The van der Waals surface area contributed by atoms with E-state index in [1.807, 2.05) is 6.07 Å². The maximum atomic E-state index is 13.5. The van der Waals surface area contributed by atoms with Gasteiger partial charge < -0.3 is 19.8 Å². The van der Waals surface area contributed by atoms with Gasteiger partial charge in [0.25, 0.3) is 0 Å². The molecule has 3 aromatic rings. The average Bonchev–Trinajstić information content (AvgIpc) is 3.72. The van der Waals surface area contributed by atoms with Gasteiger partial charge in [0.2, 0.25) is 10.0 Å². The highest BCUT2D eigenvalue weighted by molar-refractivity contribution is 7.89. The quantitative estimate of drug-likeness (QED) is 0.470. The molecule has 1 aromatic carbocycles. The largest absolute Gasteiger partial charge is 0.495 e. The van der Waals surface area contributed by atoms with Crippen molar-refractivity contribution in [2.45, 2.75) is 42.5 Å². The molecule has 38 heavy (non-hydrogen) atoms. The van der Waals surface area contributed by atoms with E-state index in [4.69, 9.17) is 9.47 Å². The number of nitriles is 1. The minimum absolute atomic E-state index is 0.217. The van der Waals surface area contributed by atoms with Gasteiger partial charge in [-0.3, -0.25) is 4.90 Å². The van der Waals surface area contributed by atoms with Gasteiger partial charge in [-0.2, -0.15) is 9.57 Å². The van der Waals surface area contributed by atoms with Gasteiger partial charge in [-0.1, -0.05) is 0 Å². The Morgan fingerprint density at radius 2 is 1.89 bits per heavy atom. The molecule has 2 aromatic heterocycles. The van der Waals surface area contributed by atoms with E-state index in [-0.39, 0.29) is 4.90 Å². The van der Waals surface area contributed by atoms with Crippen molar-refractivity contribution in [1.29, 1.82) is 5.26 Å². The Labute approximate surface area is 222 Å². The number of sulfonamides is 1. The highest BCUT2D eigenvalue weighted by Crippen LogP contribution is 2.45. The van der Waals surface area contributed by atoms with Gasteiger partial charge in [0.15, 0.2) is 0 Å². The van der Waals surface area contributed by atoms with Gasteiger partial charge in [0.1, 0.15) is 23.3 Å². The summed E-state index contributed by atoms with van der Waals surface area (Å²) < 4.78 is 39.6. The van der Waals surface area contributed by atoms with Crippen molar-refractivity contribution in [2.24, 2.45) is 0 Å². The highest BCUT2D eigenvalue weighted by atomic mass is 32.2. The second kappa shape index (κ2) is 10.2. The third-order valence-corrected chi connectivity index (χ3v) is 9.76. The Kier molecular flexibility index (Phi) is 6.74. The van der Waals surface area contributed by atoms with E-state index in [0.717, 1.165) is 62.9 Å². The molecule has 10 nitrogen and oxygen atoms in total. The molecule has 200 valence electrons. The number of nitrogens with one attached hydrogen (secondary N) is 2.